The summed E-state index contributed by atoms with van der Waals surface area (Å²) in [5.41, 5.74) is 0. The lowest BCUT2D eigenvalue weighted by atomic mass is 10.0. The second-order valence-corrected chi connectivity index (χ2v) is 22.4. The van der Waals surface area contributed by atoms with Crippen molar-refractivity contribution < 1.29 is 28.6 Å². The van der Waals surface area contributed by atoms with Crippen LogP contribution in [-0.2, 0) is 28.6 Å². The molecule has 0 spiro atoms. The predicted octanol–water partition coefficient (Wildman–Crippen LogP) is 23.2. The molecule has 0 radical (unpaired) electrons. The van der Waals surface area contributed by atoms with Gasteiger partial charge in [-0.1, -0.05) is 304 Å². The van der Waals surface area contributed by atoms with Gasteiger partial charge in [0, 0.05) is 19.3 Å². The van der Waals surface area contributed by atoms with E-state index in [1.807, 2.05) is 0 Å². The first kappa shape index (κ1) is 75.3. The maximum absolute atomic E-state index is 12.9. The Morgan fingerprint density at radius 1 is 0.266 bits per heavy atom. The van der Waals surface area contributed by atoms with E-state index in [0.29, 0.717) is 19.3 Å². The molecule has 6 nitrogen and oxygen atoms in total. The largest absolute Gasteiger partial charge is 0.462 e. The Bertz CT molecular complexity index is 1540. The van der Waals surface area contributed by atoms with Gasteiger partial charge in [-0.25, -0.2) is 0 Å². The molecule has 6 heteroatoms. The van der Waals surface area contributed by atoms with Gasteiger partial charge in [0.25, 0.3) is 0 Å². The molecule has 0 rings (SSSR count). The van der Waals surface area contributed by atoms with Crippen molar-refractivity contribution in [2.45, 2.75) is 335 Å². The molecule has 0 aromatic heterocycles. The van der Waals surface area contributed by atoms with Crippen molar-refractivity contribution in [3.8, 4) is 0 Å². The highest BCUT2D eigenvalue weighted by molar-refractivity contribution is 5.71. The third kappa shape index (κ3) is 65.0. The van der Waals surface area contributed by atoms with Gasteiger partial charge in [-0.15, -0.1) is 0 Å². The molecule has 0 aliphatic rings. The van der Waals surface area contributed by atoms with E-state index in [-0.39, 0.29) is 31.1 Å². The molecule has 0 aromatic carbocycles. The van der Waals surface area contributed by atoms with Crippen LogP contribution in [0.4, 0.5) is 0 Å². The number of rotatable bonds is 61. The topological polar surface area (TPSA) is 78.9 Å². The Balaban J connectivity index is 4.28. The van der Waals surface area contributed by atoms with Crippen LogP contribution in [0, 0.1) is 0 Å². The van der Waals surface area contributed by atoms with E-state index in [2.05, 4.69) is 118 Å². The molecular weight excluding hydrogens is 973 g/mol. The SMILES string of the molecule is CC/C=C\C/C=C\C/C=C\C/C=C\C/C=C\C/C=C\CCCCCCCCCCC(=O)OCC(COC(=O)CCCCCCCCCCCCC)OC(=O)CCCCCCCCCCCCC/C=C\C/C=C\CCCCCCC. The van der Waals surface area contributed by atoms with Crippen molar-refractivity contribution in [2.24, 2.45) is 0 Å². The van der Waals surface area contributed by atoms with Crippen LogP contribution in [0.5, 0.6) is 0 Å². The molecule has 0 saturated heterocycles. The van der Waals surface area contributed by atoms with Crippen molar-refractivity contribution in [1.29, 1.82) is 0 Å². The summed E-state index contributed by atoms with van der Waals surface area (Å²) in [5.74, 6) is -0.876. The molecule has 0 aliphatic carbocycles. The van der Waals surface area contributed by atoms with Gasteiger partial charge in [0.1, 0.15) is 13.2 Å². The van der Waals surface area contributed by atoms with Crippen molar-refractivity contribution in [2.75, 3.05) is 13.2 Å². The van der Waals surface area contributed by atoms with Gasteiger partial charge >= 0.3 is 17.9 Å². The van der Waals surface area contributed by atoms with Crippen LogP contribution in [0.1, 0.15) is 329 Å². The van der Waals surface area contributed by atoms with Crippen molar-refractivity contribution in [1.82, 2.24) is 0 Å². The molecule has 454 valence electrons. The molecule has 0 fully saturated rings. The highest BCUT2D eigenvalue weighted by Crippen LogP contribution is 2.17. The third-order valence-electron chi connectivity index (χ3n) is 14.6. The lowest BCUT2D eigenvalue weighted by Gasteiger charge is -2.18. The van der Waals surface area contributed by atoms with Crippen LogP contribution in [0.3, 0.4) is 0 Å². The molecule has 0 amide bonds. The zero-order valence-corrected chi connectivity index (χ0v) is 52.1. The number of hydrogen-bond donors (Lipinski definition) is 0. The van der Waals surface area contributed by atoms with Crippen LogP contribution >= 0.6 is 0 Å². The first-order valence-electron chi connectivity index (χ1n) is 33.7. The van der Waals surface area contributed by atoms with E-state index in [1.165, 1.54) is 180 Å². The van der Waals surface area contributed by atoms with E-state index in [4.69, 9.17) is 14.2 Å². The number of carbonyl (C=O) groups excluding carboxylic acids is 3. The molecule has 0 heterocycles. The van der Waals surface area contributed by atoms with Crippen molar-refractivity contribution in [3.63, 3.8) is 0 Å². The van der Waals surface area contributed by atoms with E-state index >= 15 is 0 Å². The number of ether oxygens (including phenoxy) is 3. The van der Waals surface area contributed by atoms with Crippen molar-refractivity contribution >= 4 is 17.9 Å². The summed E-state index contributed by atoms with van der Waals surface area (Å²) in [5, 5.41) is 0. The summed E-state index contributed by atoms with van der Waals surface area (Å²) < 4.78 is 16.9. The standard InChI is InChI=1S/C73H126O6/c1-4-7-10-13-16-19-22-24-26-28-30-32-34-35-36-37-39-40-42-44-46-48-51-54-57-60-63-66-72(75)78-69-70(68-77-71(74)65-62-59-56-53-50-21-18-15-12-9-6-3)79-73(76)67-64-61-58-55-52-49-47-45-43-41-38-33-31-29-27-25-23-20-17-14-11-8-5-2/h7,10,16,19,23-26,29-32,35-36,39-40,70H,4-6,8-9,11-15,17-18,20-22,27-28,33-34,37-38,41-69H2,1-3H3/b10-7-,19-16-,25-23-,26-24-,31-29-,32-30-,36-35-,40-39-. The third-order valence-corrected chi connectivity index (χ3v) is 14.6. The Hall–Kier alpha value is -3.67. The van der Waals surface area contributed by atoms with E-state index in [0.717, 1.165) is 109 Å². The van der Waals surface area contributed by atoms with Gasteiger partial charge in [0.15, 0.2) is 6.10 Å². The molecule has 79 heavy (non-hydrogen) atoms. The van der Waals surface area contributed by atoms with Gasteiger partial charge < -0.3 is 14.2 Å². The maximum atomic E-state index is 12.9. The average Bonchev–Trinajstić information content (AvgIpc) is 3.45. The van der Waals surface area contributed by atoms with E-state index in [1.54, 1.807) is 0 Å². The van der Waals surface area contributed by atoms with Crippen LogP contribution in [-0.4, -0.2) is 37.2 Å². The monoisotopic (exact) mass is 1100 g/mol. The minimum absolute atomic E-state index is 0.0778. The van der Waals surface area contributed by atoms with Crippen LogP contribution < -0.4 is 0 Å². The first-order chi connectivity index (χ1) is 39.0. The normalized spacial score (nSPS) is 12.7. The summed E-state index contributed by atoms with van der Waals surface area (Å²) >= 11 is 0. The highest BCUT2D eigenvalue weighted by Gasteiger charge is 2.19. The lowest BCUT2D eigenvalue weighted by molar-refractivity contribution is -0.167. The summed E-state index contributed by atoms with van der Waals surface area (Å²) in [6.45, 7) is 6.53. The average molecular weight is 1100 g/mol. The molecule has 0 aliphatic heterocycles. The minimum Gasteiger partial charge on any atom is -0.462 e. The Morgan fingerprint density at radius 3 is 0.772 bits per heavy atom. The Morgan fingerprint density at radius 2 is 0.494 bits per heavy atom. The van der Waals surface area contributed by atoms with E-state index in [9.17, 15) is 14.4 Å². The van der Waals surface area contributed by atoms with Crippen LogP contribution in [0.25, 0.3) is 0 Å². The second-order valence-electron chi connectivity index (χ2n) is 22.4. The smallest absolute Gasteiger partial charge is 0.306 e. The summed E-state index contributed by atoms with van der Waals surface area (Å²) in [7, 11) is 0. The zero-order chi connectivity index (χ0) is 57.1. The van der Waals surface area contributed by atoms with Gasteiger partial charge in [-0.3, -0.25) is 14.4 Å². The minimum atomic E-state index is -0.782. The molecule has 0 bridgehead atoms. The van der Waals surface area contributed by atoms with Gasteiger partial charge in [-0.2, -0.15) is 0 Å². The van der Waals surface area contributed by atoms with Crippen LogP contribution in [0.2, 0.25) is 0 Å². The zero-order valence-electron chi connectivity index (χ0n) is 52.1. The quantitative estimate of drug-likeness (QED) is 0.0261. The maximum Gasteiger partial charge on any atom is 0.306 e. The number of unbranched alkanes of at least 4 members (excludes halogenated alkanes) is 34. The summed E-state index contributed by atoms with van der Waals surface area (Å²) in [6, 6.07) is 0. The predicted molar refractivity (Wildman–Crippen MR) is 344 cm³/mol. The fourth-order valence-electron chi connectivity index (χ4n) is 9.54. The summed E-state index contributed by atoms with van der Waals surface area (Å²) in [4.78, 5) is 38.3. The number of esters is 3. The van der Waals surface area contributed by atoms with E-state index < -0.39 is 6.10 Å². The lowest BCUT2D eigenvalue weighted by Crippen LogP contribution is -2.30. The molecule has 1 unspecified atom stereocenters. The Kier molecular flexibility index (Phi) is 63.7. The summed E-state index contributed by atoms with van der Waals surface area (Å²) in [6.07, 6.45) is 89.9. The fourth-order valence-corrected chi connectivity index (χ4v) is 9.54. The first-order valence-corrected chi connectivity index (χ1v) is 33.7. The number of carbonyl (C=O) groups is 3. The van der Waals surface area contributed by atoms with Crippen LogP contribution in [0.15, 0.2) is 97.2 Å². The Labute approximate surface area is 489 Å². The molecule has 1 atom stereocenters. The highest BCUT2D eigenvalue weighted by atomic mass is 16.6. The fraction of sp³-hybridized carbons (Fsp3) is 0.740. The molecule has 0 N–H and O–H groups in total. The second kappa shape index (κ2) is 66.8. The number of allylic oxidation sites excluding steroid dienone is 16. The molecule has 0 saturated carbocycles. The van der Waals surface area contributed by atoms with Gasteiger partial charge in [0.2, 0.25) is 0 Å². The van der Waals surface area contributed by atoms with Gasteiger partial charge in [-0.05, 0) is 103 Å². The van der Waals surface area contributed by atoms with Crippen molar-refractivity contribution in [3.05, 3.63) is 97.2 Å². The molecular formula is C73H126O6. The van der Waals surface area contributed by atoms with Gasteiger partial charge in [0.05, 0.1) is 0 Å². The number of hydrogen-bond acceptors (Lipinski definition) is 6. The molecule has 0 aromatic rings.